The van der Waals surface area contributed by atoms with Gasteiger partial charge in [0.15, 0.2) is 16.6 Å². The van der Waals surface area contributed by atoms with Crippen LogP contribution in [0.1, 0.15) is 107 Å². The van der Waals surface area contributed by atoms with Crippen molar-refractivity contribution in [3.63, 3.8) is 0 Å². The molecule has 2 aromatic carbocycles. The number of hydrogen-bond acceptors (Lipinski definition) is 10. The van der Waals surface area contributed by atoms with Crippen molar-refractivity contribution in [2.75, 3.05) is 37.1 Å². The van der Waals surface area contributed by atoms with E-state index in [0.717, 1.165) is 0 Å². The number of carbonyl (C=O) groups excluding carboxylic acids is 6. The molecular weight excluding hydrogens is 925 g/mol. The van der Waals surface area contributed by atoms with Gasteiger partial charge in [-0.2, -0.15) is 0 Å². The summed E-state index contributed by atoms with van der Waals surface area (Å²) in [5, 5.41) is -0.395. The van der Waals surface area contributed by atoms with Gasteiger partial charge in [0.05, 0.1) is 35.4 Å². The maximum atomic E-state index is 15.8. The van der Waals surface area contributed by atoms with E-state index in [4.69, 9.17) is 18.3 Å². The Morgan fingerprint density at radius 2 is 0.857 bits per heavy atom. The number of likely N-dealkylation sites (N-methyl/N-ethyl adjacent to an activating group) is 2. The van der Waals surface area contributed by atoms with Crippen molar-refractivity contribution in [1.82, 2.24) is 19.6 Å². The lowest BCUT2D eigenvalue weighted by Gasteiger charge is -2.51. The van der Waals surface area contributed by atoms with Gasteiger partial charge in [-0.3, -0.25) is 29.0 Å². The first-order chi connectivity index (χ1) is 32.1. The molecular formula is C52H76N6O10Si2. The summed E-state index contributed by atoms with van der Waals surface area (Å²) in [6, 6.07) is 10.5. The van der Waals surface area contributed by atoms with Gasteiger partial charge in [-0.05, 0) is 114 Å². The molecule has 70 heavy (non-hydrogen) atoms. The van der Waals surface area contributed by atoms with E-state index in [1.54, 1.807) is 65.4 Å². The third kappa shape index (κ3) is 7.53. The molecule has 8 atom stereocenters. The molecule has 18 heteroatoms. The van der Waals surface area contributed by atoms with Crippen LogP contribution in [0, 0.1) is 0 Å². The van der Waals surface area contributed by atoms with Crippen LogP contribution in [-0.4, -0.2) is 147 Å². The van der Waals surface area contributed by atoms with Gasteiger partial charge in [0.2, 0.25) is 23.6 Å². The van der Waals surface area contributed by atoms with Gasteiger partial charge in [-0.25, -0.2) is 9.59 Å². The van der Waals surface area contributed by atoms with Crippen molar-refractivity contribution in [2.45, 2.75) is 191 Å². The van der Waals surface area contributed by atoms with Gasteiger partial charge in [-0.1, -0.05) is 77.9 Å². The number of ether oxygens (including phenoxy) is 2. The Labute approximate surface area is 416 Å². The summed E-state index contributed by atoms with van der Waals surface area (Å²) in [6.45, 7) is 31.5. The normalized spacial score (nSPS) is 29.0. The monoisotopic (exact) mass is 1000 g/mol. The molecule has 0 bridgehead atoms. The molecule has 0 aliphatic carbocycles. The summed E-state index contributed by atoms with van der Waals surface area (Å²) in [5.74, 6) is -1.50. The zero-order valence-electron chi connectivity index (χ0n) is 44.7. The van der Waals surface area contributed by atoms with Crippen molar-refractivity contribution < 1.29 is 47.1 Å². The largest absolute Gasteiger partial charge is 0.443 e. The van der Waals surface area contributed by atoms with Crippen molar-refractivity contribution >= 4 is 63.8 Å². The number of carbonyl (C=O) groups is 6. The van der Waals surface area contributed by atoms with E-state index in [-0.39, 0.29) is 47.9 Å². The molecule has 6 heterocycles. The van der Waals surface area contributed by atoms with E-state index in [1.165, 1.54) is 19.6 Å². The maximum Gasteiger partial charge on any atom is 0.416 e. The summed E-state index contributed by atoms with van der Waals surface area (Å²) in [5.41, 5.74) is -2.77. The molecule has 0 spiro atoms. The molecule has 382 valence electrons. The zero-order chi connectivity index (χ0) is 52.0. The lowest BCUT2D eigenvalue weighted by Crippen LogP contribution is -2.70. The highest BCUT2D eigenvalue weighted by atomic mass is 28.4. The number of nitrogens with zero attached hydrogens (tertiary/aromatic N) is 6. The van der Waals surface area contributed by atoms with Crippen LogP contribution in [0.3, 0.4) is 0 Å². The van der Waals surface area contributed by atoms with Crippen LogP contribution in [0.2, 0.25) is 36.3 Å². The molecule has 6 aliphatic heterocycles. The molecule has 6 amide bonds. The summed E-state index contributed by atoms with van der Waals surface area (Å²) in [6.07, 6.45) is -4.03. The summed E-state index contributed by atoms with van der Waals surface area (Å²) >= 11 is 0. The number of benzene rings is 2. The fourth-order valence-corrected chi connectivity index (χ4v) is 13.5. The number of para-hydroxylation sites is 2. The van der Waals surface area contributed by atoms with Crippen molar-refractivity contribution in [3.8, 4) is 0 Å². The lowest BCUT2D eigenvalue weighted by molar-refractivity contribution is -0.161. The standard InChI is InChI=1S/C52H76N6O10Si2/c1-47(2,3)67-45(63)57-33-25-21-19-23-31(33)51(27-35-39(59)53(13)37(41(61)55(35)43(51)57)29-65-69(15,16)49(7,8)9)52-28-36-40(60)54(14)38(30-66-70(17,18)50(10,11)12)42(62)56(36)44(52)58(46(64)68-48(4,5)6)34-26-22-20-24-32(34)52/h19-26,35-38,43-44H,27-30H2,1-18H3/t35-,36-,37-,38-,43+,44+,51+,52+/m1/s1. The predicted octanol–water partition coefficient (Wildman–Crippen LogP) is 7.95. The second-order valence-corrected chi connectivity index (χ2v) is 35.0. The fraction of sp³-hybridized carbons (Fsp3) is 0.654. The van der Waals surface area contributed by atoms with Crippen molar-refractivity contribution in [3.05, 3.63) is 59.7 Å². The van der Waals surface area contributed by atoms with Gasteiger partial charge in [0.25, 0.3) is 0 Å². The average Bonchev–Trinajstić information content (AvgIpc) is 3.93. The van der Waals surface area contributed by atoms with Gasteiger partial charge >= 0.3 is 12.2 Å². The molecule has 4 saturated heterocycles. The highest BCUT2D eigenvalue weighted by Crippen LogP contribution is 2.72. The van der Waals surface area contributed by atoms with E-state index < -0.39 is 99.2 Å². The second-order valence-electron chi connectivity index (χ2n) is 25.4. The topological polar surface area (TPSA) is 159 Å². The molecule has 0 radical (unpaired) electrons. The second kappa shape index (κ2) is 16.4. The number of amides is 6. The SMILES string of the molecule is CN1C(=O)[C@H]2C[C@]3([C@]45C[C@@H]6C(=O)N(C)[C@H](CO[Si](C)(C)C(C)(C)C)C(=O)N6[C@H]4N(C(=O)OC(C)(C)C)c4ccccc45)c4ccccc4N(C(=O)OC(C)(C)C)[C@@H]3N2C(=O)[C@H]1CO[Si](C)(C)C(C)(C)C. The Balaban J connectivity index is 1.41. The number of rotatable bonds is 7. The van der Waals surface area contributed by atoms with Crippen molar-refractivity contribution in [2.24, 2.45) is 0 Å². The maximum absolute atomic E-state index is 15.8. The Bertz CT molecular complexity index is 2350. The first-order valence-electron chi connectivity index (χ1n) is 24.8. The Hall–Kier alpha value is -4.79. The third-order valence-corrected chi connectivity index (χ3v) is 26.0. The minimum absolute atomic E-state index is 0.0254. The number of piperazine rings is 2. The van der Waals surface area contributed by atoms with Crippen LogP contribution in [0.4, 0.5) is 21.0 Å². The van der Waals surface area contributed by atoms with E-state index in [2.05, 4.69) is 67.7 Å². The average molecular weight is 1000 g/mol. The molecule has 6 aliphatic rings. The molecule has 0 aromatic heterocycles. The molecule has 8 rings (SSSR count). The van der Waals surface area contributed by atoms with Crippen LogP contribution < -0.4 is 9.80 Å². The molecule has 2 aromatic rings. The lowest BCUT2D eigenvalue weighted by atomic mass is 9.54. The minimum atomic E-state index is -2.46. The summed E-state index contributed by atoms with van der Waals surface area (Å²) < 4.78 is 25.9. The van der Waals surface area contributed by atoms with Crippen LogP contribution in [0.25, 0.3) is 0 Å². The molecule has 16 nitrogen and oxygen atoms in total. The van der Waals surface area contributed by atoms with Gasteiger partial charge < -0.3 is 37.9 Å². The van der Waals surface area contributed by atoms with Gasteiger partial charge in [0, 0.05) is 14.1 Å². The van der Waals surface area contributed by atoms with Gasteiger partial charge in [-0.15, -0.1) is 0 Å². The van der Waals surface area contributed by atoms with E-state index in [9.17, 15) is 0 Å². The first-order valence-corrected chi connectivity index (χ1v) is 30.6. The van der Waals surface area contributed by atoms with E-state index in [0.29, 0.717) is 22.5 Å². The summed E-state index contributed by atoms with van der Waals surface area (Å²) in [4.78, 5) is 102. The third-order valence-electron chi connectivity index (χ3n) is 17.0. The Morgan fingerprint density at radius 3 is 1.16 bits per heavy atom. The van der Waals surface area contributed by atoms with Crippen molar-refractivity contribution in [1.29, 1.82) is 0 Å². The van der Waals surface area contributed by atoms with E-state index >= 15 is 28.8 Å². The fourth-order valence-electron chi connectivity index (χ4n) is 11.5. The smallest absolute Gasteiger partial charge is 0.416 e. The number of hydrogen-bond donors (Lipinski definition) is 0. The molecule has 4 fully saturated rings. The van der Waals surface area contributed by atoms with Crippen LogP contribution in [0.15, 0.2) is 48.5 Å². The molecule has 0 unspecified atom stereocenters. The van der Waals surface area contributed by atoms with Crippen LogP contribution in [-0.2, 0) is 48.3 Å². The number of anilines is 2. The number of fused-ring (bicyclic) bond motifs is 11. The van der Waals surface area contributed by atoms with Gasteiger partial charge in [0.1, 0.15) is 47.7 Å². The quantitative estimate of drug-likeness (QED) is 0.249. The highest BCUT2D eigenvalue weighted by Gasteiger charge is 2.82. The Kier molecular flexibility index (Phi) is 12.1. The van der Waals surface area contributed by atoms with Crippen LogP contribution in [0.5, 0.6) is 0 Å². The molecule has 0 N–H and O–H groups in total. The minimum Gasteiger partial charge on any atom is -0.443 e. The zero-order valence-corrected chi connectivity index (χ0v) is 46.7. The highest BCUT2D eigenvalue weighted by molar-refractivity contribution is 6.74. The molecule has 0 saturated carbocycles. The Morgan fingerprint density at radius 1 is 0.543 bits per heavy atom. The summed E-state index contributed by atoms with van der Waals surface area (Å²) in [7, 11) is -1.67. The van der Waals surface area contributed by atoms with Crippen LogP contribution >= 0.6 is 0 Å². The first kappa shape index (κ1) is 51.6. The predicted molar refractivity (Wildman–Crippen MR) is 271 cm³/mol. The van der Waals surface area contributed by atoms with E-state index in [1.807, 2.05) is 48.5 Å².